The third-order valence-electron chi connectivity index (χ3n) is 3.59. The lowest BCUT2D eigenvalue weighted by molar-refractivity contribution is 0.463. The molecule has 2 N–H and O–H groups in total. The number of rotatable bonds is 11. The second kappa shape index (κ2) is 11.0. The maximum absolute atomic E-state index is 9.77. The van der Waals surface area contributed by atoms with Crippen LogP contribution in [0.15, 0.2) is 18.2 Å². The minimum atomic E-state index is 0.206. The highest BCUT2D eigenvalue weighted by atomic mass is 35.5. The van der Waals surface area contributed by atoms with Crippen molar-refractivity contribution in [2.75, 3.05) is 6.54 Å². The molecule has 0 spiro atoms. The van der Waals surface area contributed by atoms with Crippen LogP contribution in [0.5, 0.6) is 5.75 Å². The van der Waals surface area contributed by atoms with Gasteiger partial charge in [-0.1, -0.05) is 75.6 Å². The zero-order valence-corrected chi connectivity index (χ0v) is 13.4. The number of benzene rings is 1. The molecule has 1 rings (SSSR count). The minimum absolute atomic E-state index is 0.206. The lowest BCUT2D eigenvalue weighted by atomic mass is 10.1. The first-order valence-electron chi connectivity index (χ1n) is 7.92. The summed E-state index contributed by atoms with van der Waals surface area (Å²) in [6, 6.07) is 5.48. The molecule has 3 heteroatoms. The summed E-state index contributed by atoms with van der Waals surface area (Å²) in [7, 11) is 0. The Balaban J connectivity index is 1.98. The van der Waals surface area contributed by atoms with Gasteiger partial charge < -0.3 is 10.4 Å². The number of nitrogens with one attached hydrogen (secondary N) is 1. The van der Waals surface area contributed by atoms with Crippen molar-refractivity contribution >= 4 is 11.6 Å². The molecule has 1 aromatic carbocycles. The molecule has 0 aliphatic rings. The van der Waals surface area contributed by atoms with Crippen molar-refractivity contribution in [1.82, 2.24) is 5.32 Å². The second-order valence-electron chi connectivity index (χ2n) is 5.40. The molecule has 1 aromatic rings. The van der Waals surface area contributed by atoms with E-state index in [0.29, 0.717) is 11.6 Å². The van der Waals surface area contributed by atoms with Gasteiger partial charge in [0, 0.05) is 12.1 Å². The fourth-order valence-corrected chi connectivity index (χ4v) is 2.50. The van der Waals surface area contributed by atoms with Gasteiger partial charge in [0.15, 0.2) is 0 Å². The van der Waals surface area contributed by atoms with Gasteiger partial charge >= 0.3 is 0 Å². The van der Waals surface area contributed by atoms with Crippen LogP contribution in [0.3, 0.4) is 0 Å². The first kappa shape index (κ1) is 17.3. The summed E-state index contributed by atoms with van der Waals surface area (Å²) in [4.78, 5) is 0. The Morgan fingerprint density at radius 1 is 1.00 bits per heavy atom. The predicted octanol–water partition coefficient (Wildman–Crippen LogP) is 5.28. The third kappa shape index (κ3) is 7.16. The minimum Gasteiger partial charge on any atom is -0.506 e. The molecule has 0 bridgehead atoms. The molecule has 0 heterocycles. The smallest absolute Gasteiger partial charge is 0.138 e. The lowest BCUT2D eigenvalue weighted by Gasteiger charge is -2.08. The fraction of sp³-hybridized carbons (Fsp3) is 0.647. The molecule has 0 fully saturated rings. The molecule has 2 nitrogen and oxygen atoms in total. The van der Waals surface area contributed by atoms with Gasteiger partial charge in [-0.2, -0.15) is 0 Å². The van der Waals surface area contributed by atoms with E-state index >= 15 is 0 Å². The third-order valence-corrected chi connectivity index (χ3v) is 3.90. The van der Waals surface area contributed by atoms with Crippen LogP contribution in [0.2, 0.25) is 5.02 Å². The summed E-state index contributed by atoms with van der Waals surface area (Å²) in [5.41, 5.74) is 0.872. The first-order valence-corrected chi connectivity index (χ1v) is 8.30. The van der Waals surface area contributed by atoms with E-state index in [1.165, 1.54) is 51.4 Å². The van der Waals surface area contributed by atoms with Crippen LogP contribution in [0.25, 0.3) is 0 Å². The molecule has 0 saturated heterocycles. The van der Waals surface area contributed by atoms with Gasteiger partial charge in [0.2, 0.25) is 0 Å². The van der Waals surface area contributed by atoms with Gasteiger partial charge in [0.25, 0.3) is 0 Å². The van der Waals surface area contributed by atoms with Crippen LogP contribution in [-0.4, -0.2) is 11.7 Å². The number of unbranched alkanes of at least 4 members (excludes halogenated alkanes) is 7. The number of hydrogen-bond acceptors (Lipinski definition) is 2. The molecule has 0 aliphatic carbocycles. The van der Waals surface area contributed by atoms with Crippen LogP contribution in [-0.2, 0) is 6.54 Å². The largest absolute Gasteiger partial charge is 0.506 e. The van der Waals surface area contributed by atoms with Crippen LogP contribution in [0.1, 0.15) is 63.9 Å². The molecule has 114 valence electrons. The van der Waals surface area contributed by atoms with Gasteiger partial charge in [-0.25, -0.2) is 0 Å². The van der Waals surface area contributed by atoms with Crippen molar-refractivity contribution < 1.29 is 5.11 Å². The van der Waals surface area contributed by atoms with E-state index in [1.807, 2.05) is 12.1 Å². The fourth-order valence-electron chi connectivity index (χ4n) is 2.31. The molecule has 0 saturated carbocycles. The standard InChI is InChI=1S/C17H28ClNO/c1-2-3-4-5-6-7-8-9-13-19-14-15-11-10-12-16(18)17(15)20/h10-12,19-20H,2-9,13-14H2,1H3. The highest BCUT2D eigenvalue weighted by Crippen LogP contribution is 2.26. The molecule has 0 amide bonds. The Morgan fingerprint density at radius 2 is 1.65 bits per heavy atom. The van der Waals surface area contributed by atoms with Gasteiger partial charge in [-0.15, -0.1) is 0 Å². The van der Waals surface area contributed by atoms with E-state index in [9.17, 15) is 5.11 Å². The molecule has 0 radical (unpaired) electrons. The Bertz CT molecular complexity index is 368. The van der Waals surface area contributed by atoms with Crippen LogP contribution < -0.4 is 5.32 Å². The van der Waals surface area contributed by atoms with E-state index in [1.54, 1.807) is 6.07 Å². The SMILES string of the molecule is CCCCCCCCCCNCc1cccc(Cl)c1O. The normalized spacial score (nSPS) is 10.9. The van der Waals surface area contributed by atoms with E-state index in [-0.39, 0.29) is 5.75 Å². The molecule has 20 heavy (non-hydrogen) atoms. The Morgan fingerprint density at radius 3 is 2.35 bits per heavy atom. The molecule has 0 aliphatic heterocycles. The van der Waals surface area contributed by atoms with Crippen molar-refractivity contribution in [2.24, 2.45) is 0 Å². The zero-order chi connectivity index (χ0) is 14.6. The number of aromatic hydroxyl groups is 1. The number of phenols is 1. The van der Waals surface area contributed by atoms with E-state index in [2.05, 4.69) is 12.2 Å². The molecule has 0 unspecified atom stereocenters. The highest BCUT2D eigenvalue weighted by Gasteiger charge is 2.03. The first-order chi connectivity index (χ1) is 9.75. The highest BCUT2D eigenvalue weighted by molar-refractivity contribution is 6.32. The number of hydrogen-bond donors (Lipinski definition) is 2. The Labute approximate surface area is 128 Å². The van der Waals surface area contributed by atoms with Crippen LogP contribution in [0, 0.1) is 0 Å². The summed E-state index contributed by atoms with van der Waals surface area (Å²) in [6.45, 7) is 3.94. The monoisotopic (exact) mass is 297 g/mol. The number of halogens is 1. The lowest BCUT2D eigenvalue weighted by Crippen LogP contribution is -2.14. The van der Waals surface area contributed by atoms with Gasteiger partial charge in [-0.05, 0) is 19.0 Å². The van der Waals surface area contributed by atoms with Crippen molar-refractivity contribution in [3.05, 3.63) is 28.8 Å². The topological polar surface area (TPSA) is 32.3 Å². The molecule has 0 aromatic heterocycles. The average Bonchev–Trinajstić information content (AvgIpc) is 2.45. The van der Waals surface area contributed by atoms with Crippen molar-refractivity contribution in [3.8, 4) is 5.75 Å². The summed E-state index contributed by atoms with van der Waals surface area (Å²) in [5, 5.41) is 13.6. The van der Waals surface area contributed by atoms with Gasteiger partial charge in [0.05, 0.1) is 5.02 Å². The van der Waals surface area contributed by atoms with E-state index in [4.69, 9.17) is 11.6 Å². The van der Waals surface area contributed by atoms with E-state index < -0.39 is 0 Å². The Hall–Kier alpha value is -0.730. The van der Waals surface area contributed by atoms with E-state index in [0.717, 1.165) is 12.1 Å². The second-order valence-corrected chi connectivity index (χ2v) is 5.81. The maximum Gasteiger partial charge on any atom is 0.138 e. The van der Waals surface area contributed by atoms with Crippen molar-refractivity contribution in [1.29, 1.82) is 0 Å². The average molecular weight is 298 g/mol. The summed E-state index contributed by atoms with van der Waals surface area (Å²) in [5.74, 6) is 0.206. The number of para-hydroxylation sites is 1. The van der Waals surface area contributed by atoms with Crippen LogP contribution in [0.4, 0.5) is 0 Å². The number of phenolic OH excluding ortho intramolecular Hbond substituents is 1. The Kier molecular flexibility index (Phi) is 9.52. The summed E-state index contributed by atoms with van der Waals surface area (Å²) in [6.07, 6.45) is 10.7. The zero-order valence-electron chi connectivity index (χ0n) is 12.6. The van der Waals surface area contributed by atoms with Gasteiger partial charge in [0.1, 0.15) is 5.75 Å². The molecular weight excluding hydrogens is 270 g/mol. The summed E-state index contributed by atoms with van der Waals surface area (Å²) < 4.78 is 0. The van der Waals surface area contributed by atoms with Crippen molar-refractivity contribution in [3.63, 3.8) is 0 Å². The van der Waals surface area contributed by atoms with Crippen molar-refractivity contribution in [2.45, 2.75) is 64.8 Å². The van der Waals surface area contributed by atoms with Crippen LogP contribution >= 0.6 is 11.6 Å². The summed E-state index contributed by atoms with van der Waals surface area (Å²) >= 11 is 5.87. The van der Waals surface area contributed by atoms with Gasteiger partial charge in [-0.3, -0.25) is 0 Å². The molecule has 0 atom stereocenters. The maximum atomic E-state index is 9.77. The quantitative estimate of drug-likeness (QED) is 0.545. The molecular formula is C17H28ClNO. The predicted molar refractivity (Wildman–Crippen MR) is 87.4 cm³/mol.